The summed E-state index contributed by atoms with van der Waals surface area (Å²) in [5.41, 5.74) is 5.26. The first-order valence-electron chi connectivity index (χ1n) is 15.9. The molecule has 4 fully saturated rings. The van der Waals surface area contributed by atoms with Gasteiger partial charge in [-0.05, 0) is 81.6 Å². The minimum Gasteiger partial charge on any atom is -0.550 e. The maximum atomic E-state index is 13.5. The summed E-state index contributed by atoms with van der Waals surface area (Å²) in [6.07, 6.45) is 7.42. The Morgan fingerprint density at radius 3 is 2.38 bits per heavy atom. The van der Waals surface area contributed by atoms with Crippen LogP contribution in [-0.4, -0.2) is 60.1 Å². The van der Waals surface area contributed by atoms with E-state index in [9.17, 15) is 14.7 Å². The predicted octanol–water partition coefficient (Wildman–Crippen LogP) is 2.38. The summed E-state index contributed by atoms with van der Waals surface area (Å²) in [6.45, 7) is 15.7. The number of carbonyl (C=O) groups excluding carboxylic acids is 2. The van der Waals surface area contributed by atoms with Crippen molar-refractivity contribution in [1.29, 1.82) is 0 Å². The van der Waals surface area contributed by atoms with Crippen molar-refractivity contribution in [1.82, 2.24) is 21.3 Å². The number of Topliss-reactive ketones (excluding diaryl/α,β-unsaturated/α-hetero) is 1. The molecule has 7 heteroatoms. The van der Waals surface area contributed by atoms with Crippen LogP contribution < -0.4 is 26.4 Å². The zero-order valence-corrected chi connectivity index (χ0v) is 25.0. The molecule has 1 aliphatic carbocycles. The summed E-state index contributed by atoms with van der Waals surface area (Å²) >= 11 is 0. The molecule has 0 spiro atoms. The zero-order valence-electron chi connectivity index (χ0n) is 25.0. The van der Waals surface area contributed by atoms with Gasteiger partial charge in [0.1, 0.15) is 0 Å². The van der Waals surface area contributed by atoms with Gasteiger partial charge in [-0.3, -0.25) is 4.79 Å². The highest BCUT2D eigenvalue weighted by atomic mass is 16.4. The Kier molecular flexibility index (Phi) is 7.64. The van der Waals surface area contributed by atoms with Gasteiger partial charge in [-0.1, -0.05) is 38.0 Å². The lowest BCUT2D eigenvalue weighted by Crippen LogP contribution is -2.49. The molecular weight excluding hydrogens is 500 g/mol. The van der Waals surface area contributed by atoms with E-state index in [-0.39, 0.29) is 48.2 Å². The molecule has 7 nitrogen and oxygen atoms in total. The fourth-order valence-electron chi connectivity index (χ4n) is 9.98. The molecule has 8 bridgehead atoms. The van der Waals surface area contributed by atoms with Gasteiger partial charge in [-0.2, -0.15) is 0 Å². The predicted molar refractivity (Wildman–Crippen MR) is 155 cm³/mol. The van der Waals surface area contributed by atoms with Crippen LogP contribution in [0.5, 0.6) is 0 Å². The van der Waals surface area contributed by atoms with Crippen LogP contribution in [-0.2, 0) is 9.59 Å². The quantitative estimate of drug-likeness (QED) is 0.390. The number of carbonyl (C=O) groups is 2. The lowest BCUT2D eigenvalue weighted by atomic mass is 9.77. The maximum Gasteiger partial charge on any atom is 0.160 e. The zero-order chi connectivity index (χ0) is 28.5. The SMILES string of the molecule is C=CC1C2CC3NC(CC4NC5C(=C4C)C(=O)CC5C4NC(CC(N2)C1C)[C@@H](C)[C@@H]4CCC(=O)[O-])C(CC)=C3C. The number of fused-ring (bicyclic) bond motifs is 8. The average molecular weight is 550 g/mol. The highest BCUT2D eigenvalue weighted by Crippen LogP contribution is 2.47. The lowest BCUT2D eigenvalue weighted by molar-refractivity contribution is -0.306. The molecule has 4 N–H and O–H groups in total. The molecular formula is C33H49N4O3-. The molecule has 6 aliphatic rings. The van der Waals surface area contributed by atoms with Gasteiger partial charge in [0.2, 0.25) is 0 Å². The third-order valence-corrected chi connectivity index (χ3v) is 12.2. The van der Waals surface area contributed by atoms with Crippen molar-refractivity contribution in [2.75, 3.05) is 0 Å². The molecule has 3 saturated heterocycles. The smallest absolute Gasteiger partial charge is 0.160 e. The summed E-state index contributed by atoms with van der Waals surface area (Å²) in [6, 6.07) is 2.02. The third kappa shape index (κ3) is 4.56. The molecule has 0 aromatic heterocycles. The molecule has 0 radical (unpaired) electrons. The molecule has 11 unspecified atom stereocenters. The van der Waals surface area contributed by atoms with Crippen molar-refractivity contribution in [2.24, 2.45) is 29.6 Å². The topological polar surface area (TPSA) is 105 Å². The number of nitrogens with one attached hydrogen (secondary N) is 4. The molecule has 0 aromatic carbocycles. The molecule has 0 aromatic rings. The van der Waals surface area contributed by atoms with Gasteiger partial charge in [-0.15, -0.1) is 6.58 Å². The summed E-state index contributed by atoms with van der Waals surface area (Å²) in [5.74, 6) is 0.862. The number of hydrogen-bond donors (Lipinski definition) is 4. The molecule has 0 amide bonds. The normalized spacial score (nSPS) is 46.5. The largest absolute Gasteiger partial charge is 0.550 e. The van der Waals surface area contributed by atoms with Crippen LogP contribution in [0.15, 0.2) is 34.9 Å². The van der Waals surface area contributed by atoms with E-state index in [2.05, 4.69) is 68.5 Å². The van der Waals surface area contributed by atoms with Gasteiger partial charge in [0.15, 0.2) is 5.78 Å². The first kappa shape index (κ1) is 28.3. The molecule has 40 heavy (non-hydrogen) atoms. The number of rotatable bonds is 5. The molecule has 220 valence electrons. The highest BCUT2D eigenvalue weighted by Gasteiger charge is 2.54. The first-order valence-corrected chi connectivity index (χ1v) is 15.9. The maximum absolute atomic E-state index is 13.5. The van der Waals surface area contributed by atoms with Crippen molar-refractivity contribution >= 4 is 11.8 Å². The van der Waals surface area contributed by atoms with Gasteiger partial charge in [-0.25, -0.2) is 0 Å². The minimum atomic E-state index is -0.980. The van der Waals surface area contributed by atoms with Crippen molar-refractivity contribution in [3.63, 3.8) is 0 Å². The van der Waals surface area contributed by atoms with Gasteiger partial charge < -0.3 is 31.2 Å². The fourth-order valence-corrected chi connectivity index (χ4v) is 9.98. The van der Waals surface area contributed by atoms with Crippen molar-refractivity contribution in [3.05, 3.63) is 34.9 Å². The Labute approximate surface area is 240 Å². The van der Waals surface area contributed by atoms with Crippen LogP contribution in [0.4, 0.5) is 0 Å². The molecule has 5 aliphatic heterocycles. The fraction of sp³-hybridized carbons (Fsp3) is 0.758. The summed E-state index contributed by atoms with van der Waals surface area (Å²) in [5, 5.41) is 27.6. The van der Waals surface area contributed by atoms with E-state index in [0.29, 0.717) is 54.8 Å². The number of ketones is 1. The Morgan fingerprint density at radius 2 is 1.68 bits per heavy atom. The Hall–Kier alpha value is -1.80. The van der Waals surface area contributed by atoms with Crippen LogP contribution in [0.2, 0.25) is 0 Å². The van der Waals surface area contributed by atoms with E-state index in [1.165, 1.54) is 16.7 Å². The van der Waals surface area contributed by atoms with Crippen LogP contribution >= 0.6 is 0 Å². The van der Waals surface area contributed by atoms with E-state index in [4.69, 9.17) is 0 Å². The number of carboxylic acid groups (broad SMARTS) is 1. The second-order valence-electron chi connectivity index (χ2n) is 13.9. The van der Waals surface area contributed by atoms with Crippen molar-refractivity contribution in [2.45, 2.75) is 128 Å². The molecule has 1 saturated carbocycles. The highest BCUT2D eigenvalue weighted by molar-refractivity contribution is 6.01. The Bertz CT molecular complexity index is 1130. The average Bonchev–Trinajstić information content (AvgIpc) is 3.65. The van der Waals surface area contributed by atoms with E-state index in [1.807, 2.05) is 0 Å². The summed E-state index contributed by atoms with van der Waals surface area (Å²) < 4.78 is 0. The lowest BCUT2D eigenvalue weighted by Gasteiger charge is -2.32. The minimum absolute atomic E-state index is 0.0460. The van der Waals surface area contributed by atoms with Gasteiger partial charge in [0.25, 0.3) is 0 Å². The summed E-state index contributed by atoms with van der Waals surface area (Å²) in [4.78, 5) is 25.0. The van der Waals surface area contributed by atoms with Crippen LogP contribution in [0.3, 0.4) is 0 Å². The van der Waals surface area contributed by atoms with Crippen LogP contribution in [0.1, 0.15) is 79.6 Å². The second kappa shape index (κ2) is 10.8. The van der Waals surface area contributed by atoms with Crippen molar-refractivity contribution < 1.29 is 14.7 Å². The first-order chi connectivity index (χ1) is 19.1. The monoisotopic (exact) mass is 549 g/mol. The van der Waals surface area contributed by atoms with Crippen LogP contribution in [0, 0.1) is 29.6 Å². The van der Waals surface area contributed by atoms with E-state index < -0.39 is 5.97 Å². The molecule has 5 heterocycles. The third-order valence-electron chi connectivity index (χ3n) is 12.2. The van der Waals surface area contributed by atoms with Crippen molar-refractivity contribution in [3.8, 4) is 0 Å². The number of hydrogen-bond acceptors (Lipinski definition) is 7. The van der Waals surface area contributed by atoms with Gasteiger partial charge in [0.05, 0.1) is 0 Å². The summed E-state index contributed by atoms with van der Waals surface area (Å²) in [7, 11) is 0. The molecule has 13 atom stereocenters. The Balaban J connectivity index is 1.38. The number of carboxylic acids is 1. The van der Waals surface area contributed by atoms with Gasteiger partial charge >= 0.3 is 0 Å². The van der Waals surface area contributed by atoms with E-state index >= 15 is 0 Å². The van der Waals surface area contributed by atoms with Crippen LogP contribution in [0.25, 0.3) is 0 Å². The van der Waals surface area contributed by atoms with E-state index in [0.717, 1.165) is 31.3 Å². The van der Waals surface area contributed by atoms with Gasteiger partial charge in [0, 0.05) is 72.2 Å². The van der Waals surface area contributed by atoms with E-state index in [1.54, 1.807) is 0 Å². The second-order valence-corrected chi connectivity index (χ2v) is 13.9. The molecule has 6 rings (SSSR count). The standard InChI is InChI=1S/C33H50N4O3/c1-7-19-15(3)23-12-25-17(5)21(9-10-30(39)40)32(36-25)22-11-29(38)31-18(6)26(37-33(22)31)14-28-20(8-2)16(4)24(35-28)13-27(19)34-23/h7,15,17,19,21-28,32-37H,1,8-14H2,2-6H3,(H,39,40)/p-1/t15?,17-,19?,21-,22?,23?,24?,25?,26?,27?,28?,32?,33?/m0/s1. The Morgan fingerprint density at radius 1 is 0.950 bits per heavy atom. The number of aliphatic carboxylic acids is 1.